The number of ether oxygens (including phenoxy) is 2. The molecule has 0 spiro atoms. The Kier molecular flexibility index (Phi) is 3.88. The minimum Gasteiger partial charge on any atom is -0.454 e. The van der Waals surface area contributed by atoms with E-state index in [1.807, 2.05) is 31.3 Å². The van der Waals surface area contributed by atoms with Gasteiger partial charge in [0.05, 0.1) is 6.04 Å². The summed E-state index contributed by atoms with van der Waals surface area (Å²) in [5.41, 5.74) is 1.34. The Labute approximate surface area is 171 Å². The molecule has 7 nitrogen and oxygen atoms in total. The molecule has 29 heavy (non-hydrogen) atoms. The fraction of sp³-hybridized carbons (Fsp3) is 0.545. The molecule has 7 heteroatoms. The summed E-state index contributed by atoms with van der Waals surface area (Å²) in [4.78, 5) is 16.8. The minimum atomic E-state index is 0.320. The van der Waals surface area contributed by atoms with Crippen molar-refractivity contribution in [2.45, 2.75) is 30.8 Å². The highest BCUT2D eigenvalue weighted by Gasteiger charge is 2.54. The van der Waals surface area contributed by atoms with Crippen molar-refractivity contribution >= 4 is 11.8 Å². The Balaban J connectivity index is 1.40. The van der Waals surface area contributed by atoms with Gasteiger partial charge in [0, 0.05) is 38.8 Å². The molecule has 1 aromatic heterocycles. The van der Waals surface area contributed by atoms with Crippen molar-refractivity contribution in [2.75, 3.05) is 50.3 Å². The minimum absolute atomic E-state index is 0.320. The van der Waals surface area contributed by atoms with E-state index < -0.39 is 0 Å². The lowest BCUT2D eigenvalue weighted by atomic mass is 9.75. The lowest BCUT2D eigenvalue weighted by molar-refractivity contribution is 0.0353. The first-order valence-electron chi connectivity index (χ1n) is 10.6. The van der Waals surface area contributed by atoms with Gasteiger partial charge < -0.3 is 19.3 Å². The zero-order chi connectivity index (χ0) is 19.5. The molecule has 0 amide bonds. The monoisotopic (exact) mass is 393 g/mol. The van der Waals surface area contributed by atoms with Crippen LogP contribution in [0.15, 0.2) is 30.5 Å². The number of hydrogen-bond donors (Lipinski definition) is 0. The first kappa shape index (κ1) is 17.3. The van der Waals surface area contributed by atoms with Gasteiger partial charge >= 0.3 is 0 Å². The highest BCUT2D eigenvalue weighted by atomic mass is 16.7. The molecular formula is C22H27N5O2. The SMILES string of the molecule is CN(C)c1ccnc(N2C[C@@H](c3ccc4c(c3)OCO4)[C@@H]3[C@H]2C2CCN3CC2)n1. The second kappa shape index (κ2) is 6.49. The molecular weight excluding hydrogens is 366 g/mol. The quantitative estimate of drug-likeness (QED) is 0.793. The number of fused-ring (bicyclic) bond motifs is 3. The van der Waals surface area contributed by atoms with Crippen molar-refractivity contribution in [1.82, 2.24) is 14.9 Å². The molecule has 152 valence electrons. The summed E-state index contributed by atoms with van der Waals surface area (Å²) in [6.45, 7) is 3.68. The molecule has 4 fully saturated rings. The van der Waals surface area contributed by atoms with Crippen molar-refractivity contribution in [3.8, 4) is 11.5 Å². The standard InChI is InChI=1S/C22H27N5O2/c1-25(2)19-5-8-23-22(24-19)27-12-16(15-3-4-17-18(11-15)29-13-28-17)21-20(27)14-6-9-26(21)10-7-14/h3-5,8,11,14,16,20-21H,6-7,9-10,12-13H2,1-2H3/t16-,20+,21+/m0/s1. The number of rotatable bonds is 3. The molecule has 0 aliphatic carbocycles. The van der Waals surface area contributed by atoms with Gasteiger partial charge in [0.2, 0.25) is 12.7 Å². The maximum absolute atomic E-state index is 5.67. The number of piperidine rings is 3. The van der Waals surface area contributed by atoms with E-state index in [1.54, 1.807) is 0 Å². The van der Waals surface area contributed by atoms with Crippen LogP contribution in [0.2, 0.25) is 0 Å². The van der Waals surface area contributed by atoms with Crippen LogP contribution >= 0.6 is 0 Å². The van der Waals surface area contributed by atoms with E-state index in [1.165, 1.54) is 31.5 Å². The Hall–Kier alpha value is -2.54. The lowest BCUT2D eigenvalue weighted by Gasteiger charge is -2.51. The molecule has 6 heterocycles. The van der Waals surface area contributed by atoms with Gasteiger partial charge in [-0.15, -0.1) is 0 Å². The van der Waals surface area contributed by atoms with Gasteiger partial charge in [0.15, 0.2) is 11.5 Å². The second-order valence-electron chi connectivity index (χ2n) is 8.84. The summed E-state index contributed by atoms with van der Waals surface area (Å²) < 4.78 is 11.2. The highest BCUT2D eigenvalue weighted by molar-refractivity contribution is 5.50. The Morgan fingerprint density at radius 1 is 1.03 bits per heavy atom. The number of nitrogens with zero attached hydrogens (tertiary/aromatic N) is 5. The molecule has 5 aliphatic heterocycles. The first-order valence-corrected chi connectivity index (χ1v) is 10.6. The van der Waals surface area contributed by atoms with Gasteiger partial charge in [0.1, 0.15) is 5.82 Å². The van der Waals surface area contributed by atoms with Crippen molar-refractivity contribution in [1.29, 1.82) is 0 Å². The summed E-state index contributed by atoms with van der Waals surface area (Å²) in [6.07, 6.45) is 4.44. The van der Waals surface area contributed by atoms with Crippen molar-refractivity contribution in [3.05, 3.63) is 36.0 Å². The summed E-state index contributed by atoms with van der Waals surface area (Å²) in [7, 11) is 4.06. The molecule has 0 N–H and O–H groups in total. The normalized spacial score (nSPS) is 31.8. The predicted molar refractivity (Wildman–Crippen MR) is 111 cm³/mol. The van der Waals surface area contributed by atoms with E-state index >= 15 is 0 Å². The zero-order valence-electron chi connectivity index (χ0n) is 17.0. The molecule has 0 radical (unpaired) electrons. The Morgan fingerprint density at radius 3 is 2.69 bits per heavy atom. The molecule has 1 aromatic carbocycles. The van der Waals surface area contributed by atoms with Crippen LogP contribution in [-0.4, -0.2) is 67.5 Å². The third-order valence-corrected chi connectivity index (χ3v) is 7.16. The van der Waals surface area contributed by atoms with Crippen LogP contribution in [0.25, 0.3) is 0 Å². The zero-order valence-corrected chi connectivity index (χ0v) is 17.0. The van der Waals surface area contributed by atoms with Crippen LogP contribution in [-0.2, 0) is 0 Å². The molecule has 0 saturated carbocycles. The van der Waals surface area contributed by atoms with Crippen molar-refractivity contribution < 1.29 is 9.47 Å². The van der Waals surface area contributed by atoms with E-state index in [-0.39, 0.29) is 0 Å². The van der Waals surface area contributed by atoms with E-state index in [2.05, 4.69) is 33.0 Å². The Bertz CT molecular complexity index is 927. The average molecular weight is 393 g/mol. The van der Waals surface area contributed by atoms with E-state index in [9.17, 15) is 0 Å². The van der Waals surface area contributed by atoms with Crippen LogP contribution < -0.4 is 19.3 Å². The van der Waals surface area contributed by atoms with Gasteiger partial charge in [-0.2, -0.15) is 4.98 Å². The maximum atomic E-state index is 5.67. The van der Waals surface area contributed by atoms with E-state index in [0.717, 1.165) is 35.7 Å². The molecule has 7 rings (SSSR count). The van der Waals surface area contributed by atoms with E-state index in [4.69, 9.17) is 14.5 Å². The smallest absolute Gasteiger partial charge is 0.231 e. The largest absolute Gasteiger partial charge is 0.454 e. The van der Waals surface area contributed by atoms with Gasteiger partial charge in [-0.05, 0) is 55.6 Å². The third-order valence-electron chi connectivity index (χ3n) is 7.16. The van der Waals surface area contributed by atoms with Gasteiger partial charge in [-0.3, -0.25) is 4.90 Å². The van der Waals surface area contributed by atoms with Crippen molar-refractivity contribution in [3.63, 3.8) is 0 Å². The average Bonchev–Trinajstić information content (AvgIpc) is 3.40. The Morgan fingerprint density at radius 2 is 1.86 bits per heavy atom. The molecule has 4 saturated heterocycles. The van der Waals surface area contributed by atoms with Gasteiger partial charge in [0.25, 0.3) is 0 Å². The van der Waals surface area contributed by atoms with Gasteiger partial charge in [-0.1, -0.05) is 6.07 Å². The molecule has 3 atom stereocenters. The number of hydrogen-bond acceptors (Lipinski definition) is 7. The van der Waals surface area contributed by atoms with Crippen LogP contribution in [0.5, 0.6) is 11.5 Å². The van der Waals surface area contributed by atoms with Crippen LogP contribution in [0.1, 0.15) is 24.3 Å². The molecule has 2 aromatic rings. The first-order chi connectivity index (χ1) is 14.2. The maximum Gasteiger partial charge on any atom is 0.231 e. The fourth-order valence-corrected chi connectivity index (χ4v) is 5.81. The van der Waals surface area contributed by atoms with Gasteiger partial charge in [-0.25, -0.2) is 4.98 Å². The van der Waals surface area contributed by atoms with Crippen LogP contribution in [0.3, 0.4) is 0 Å². The molecule has 0 unspecified atom stereocenters. The van der Waals surface area contributed by atoms with Crippen molar-refractivity contribution in [2.24, 2.45) is 5.92 Å². The predicted octanol–water partition coefficient (Wildman–Crippen LogP) is 2.34. The number of benzene rings is 1. The fourth-order valence-electron chi connectivity index (χ4n) is 5.81. The highest BCUT2D eigenvalue weighted by Crippen LogP contribution is 2.48. The summed E-state index contributed by atoms with van der Waals surface area (Å²) in [5, 5.41) is 0. The van der Waals surface area contributed by atoms with Crippen LogP contribution in [0.4, 0.5) is 11.8 Å². The topological polar surface area (TPSA) is 54.0 Å². The van der Waals surface area contributed by atoms with E-state index in [0.29, 0.717) is 24.8 Å². The number of anilines is 2. The lowest BCUT2D eigenvalue weighted by Crippen LogP contribution is -2.60. The summed E-state index contributed by atoms with van der Waals surface area (Å²) in [6, 6.07) is 9.44. The molecule has 5 aliphatic rings. The third kappa shape index (κ3) is 2.67. The summed E-state index contributed by atoms with van der Waals surface area (Å²) >= 11 is 0. The number of aromatic nitrogens is 2. The van der Waals surface area contributed by atoms with Crippen LogP contribution in [0, 0.1) is 5.92 Å². The second-order valence-corrected chi connectivity index (χ2v) is 8.84. The molecule has 2 bridgehead atoms. The summed E-state index contributed by atoms with van der Waals surface area (Å²) in [5.74, 6) is 4.69.